The highest BCUT2D eigenvalue weighted by Crippen LogP contribution is 2.19. The molecule has 2 unspecified atom stereocenters. The van der Waals surface area contributed by atoms with Crippen molar-refractivity contribution in [3.8, 4) is 0 Å². The standard InChI is InChI=1S/C16H22N4O.ClH/c1-12(17)13-5-4-7-19(10-13)11-14-9-16(21)20-8-3-2-6-15(20)18-14;/h2-3,6,8-9,12-13H,4-5,7,10-11,17H2,1H3;1H. The maximum absolute atomic E-state index is 12.1. The van der Waals surface area contributed by atoms with Gasteiger partial charge in [0.15, 0.2) is 0 Å². The van der Waals surface area contributed by atoms with Crippen LogP contribution in [-0.2, 0) is 6.54 Å². The van der Waals surface area contributed by atoms with Crippen molar-refractivity contribution in [1.29, 1.82) is 0 Å². The van der Waals surface area contributed by atoms with E-state index in [-0.39, 0.29) is 24.0 Å². The minimum Gasteiger partial charge on any atom is -0.328 e. The smallest absolute Gasteiger partial charge is 0.258 e. The zero-order valence-electron chi connectivity index (χ0n) is 12.8. The molecule has 2 N–H and O–H groups in total. The van der Waals surface area contributed by atoms with Gasteiger partial charge in [0.05, 0.1) is 5.69 Å². The zero-order chi connectivity index (χ0) is 14.8. The lowest BCUT2D eigenvalue weighted by molar-refractivity contribution is 0.153. The van der Waals surface area contributed by atoms with Gasteiger partial charge in [0.2, 0.25) is 0 Å². The van der Waals surface area contributed by atoms with E-state index >= 15 is 0 Å². The number of halogens is 1. The van der Waals surface area contributed by atoms with Gasteiger partial charge >= 0.3 is 0 Å². The van der Waals surface area contributed by atoms with Gasteiger partial charge < -0.3 is 5.73 Å². The van der Waals surface area contributed by atoms with Gasteiger partial charge in [-0.3, -0.25) is 14.1 Å². The minimum absolute atomic E-state index is 0. The van der Waals surface area contributed by atoms with Crippen LogP contribution in [0.2, 0.25) is 0 Å². The second-order valence-electron chi connectivity index (χ2n) is 6.01. The molecule has 1 fully saturated rings. The van der Waals surface area contributed by atoms with Gasteiger partial charge in [-0.2, -0.15) is 0 Å². The van der Waals surface area contributed by atoms with Crippen LogP contribution in [0.1, 0.15) is 25.5 Å². The first-order valence-corrected chi connectivity index (χ1v) is 7.59. The van der Waals surface area contributed by atoms with E-state index in [0.717, 1.165) is 25.3 Å². The maximum atomic E-state index is 12.1. The summed E-state index contributed by atoms with van der Waals surface area (Å²) >= 11 is 0. The van der Waals surface area contributed by atoms with Crippen molar-refractivity contribution in [2.75, 3.05) is 13.1 Å². The molecular formula is C16H23ClN4O. The first-order valence-electron chi connectivity index (χ1n) is 7.59. The Bertz CT molecular complexity index is 685. The fourth-order valence-corrected chi connectivity index (χ4v) is 3.08. The number of aromatic nitrogens is 2. The summed E-state index contributed by atoms with van der Waals surface area (Å²) in [5, 5.41) is 0. The van der Waals surface area contributed by atoms with Crippen LogP contribution in [0, 0.1) is 5.92 Å². The van der Waals surface area contributed by atoms with Crippen molar-refractivity contribution in [2.45, 2.75) is 32.4 Å². The molecule has 2 aromatic rings. The maximum Gasteiger partial charge on any atom is 0.258 e. The third kappa shape index (κ3) is 3.66. The molecule has 3 heterocycles. The highest BCUT2D eigenvalue weighted by molar-refractivity contribution is 5.85. The molecule has 0 saturated carbocycles. The lowest BCUT2D eigenvalue weighted by Crippen LogP contribution is -2.42. The molecule has 0 aromatic carbocycles. The summed E-state index contributed by atoms with van der Waals surface area (Å²) < 4.78 is 1.57. The molecule has 0 bridgehead atoms. The van der Waals surface area contributed by atoms with Crippen molar-refractivity contribution < 1.29 is 0 Å². The number of rotatable bonds is 3. The third-order valence-electron chi connectivity index (χ3n) is 4.30. The SMILES string of the molecule is CC(N)C1CCCN(Cc2cc(=O)n3ccccc3n2)C1.Cl. The Morgan fingerprint density at radius 1 is 1.45 bits per heavy atom. The van der Waals surface area contributed by atoms with E-state index in [4.69, 9.17) is 5.73 Å². The van der Waals surface area contributed by atoms with Crippen LogP contribution in [0.3, 0.4) is 0 Å². The topological polar surface area (TPSA) is 63.6 Å². The molecular weight excluding hydrogens is 300 g/mol. The van der Waals surface area contributed by atoms with Crippen LogP contribution < -0.4 is 11.3 Å². The van der Waals surface area contributed by atoms with Crippen molar-refractivity contribution in [2.24, 2.45) is 11.7 Å². The highest BCUT2D eigenvalue weighted by atomic mass is 35.5. The molecule has 1 aliphatic heterocycles. The quantitative estimate of drug-likeness (QED) is 0.933. The van der Waals surface area contributed by atoms with E-state index in [0.29, 0.717) is 11.6 Å². The zero-order valence-corrected chi connectivity index (χ0v) is 13.6. The van der Waals surface area contributed by atoms with Crippen LogP contribution in [0.15, 0.2) is 35.3 Å². The van der Waals surface area contributed by atoms with Crippen LogP contribution in [0.4, 0.5) is 0 Å². The fraction of sp³-hybridized carbons (Fsp3) is 0.500. The Kier molecular flexibility index (Phi) is 5.56. The number of nitrogens with zero attached hydrogens (tertiary/aromatic N) is 3. The minimum atomic E-state index is -0.0173. The van der Waals surface area contributed by atoms with Crippen LogP contribution in [0.5, 0.6) is 0 Å². The largest absolute Gasteiger partial charge is 0.328 e. The number of likely N-dealkylation sites (tertiary alicyclic amines) is 1. The first kappa shape index (κ1) is 16.9. The predicted molar refractivity (Wildman–Crippen MR) is 90.4 cm³/mol. The van der Waals surface area contributed by atoms with Gasteiger partial charge in [0.1, 0.15) is 5.65 Å². The molecule has 2 aromatic heterocycles. The van der Waals surface area contributed by atoms with E-state index in [9.17, 15) is 4.79 Å². The lowest BCUT2D eigenvalue weighted by atomic mass is 9.92. The molecule has 5 nitrogen and oxygen atoms in total. The molecule has 2 atom stereocenters. The Morgan fingerprint density at radius 3 is 3.05 bits per heavy atom. The molecule has 120 valence electrons. The number of hydrogen-bond donors (Lipinski definition) is 1. The predicted octanol–water partition coefficient (Wildman–Crippen LogP) is 1.68. The average molecular weight is 323 g/mol. The number of nitrogens with two attached hydrogens (primary N) is 1. The second-order valence-corrected chi connectivity index (χ2v) is 6.01. The van der Waals surface area contributed by atoms with E-state index < -0.39 is 0 Å². The number of fused-ring (bicyclic) bond motifs is 1. The van der Waals surface area contributed by atoms with Gasteiger partial charge in [0, 0.05) is 31.4 Å². The summed E-state index contributed by atoms with van der Waals surface area (Å²) in [7, 11) is 0. The number of pyridine rings is 1. The van der Waals surface area contributed by atoms with Gasteiger partial charge in [-0.25, -0.2) is 4.98 Å². The molecule has 1 aliphatic rings. The molecule has 0 radical (unpaired) electrons. The molecule has 1 saturated heterocycles. The van der Waals surface area contributed by atoms with Crippen LogP contribution in [0.25, 0.3) is 5.65 Å². The lowest BCUT2D eigenvalue weighted by Gasteiger charge is -2.34. The Morgan fingerprint density at radius 2 is 2.27 bits per heavy atom. The summed E-state index contributed by atoms with van der Waals surface area (Å²) in [6.07, 6.45) is 4.11. The van der Waals surface area contributed by atoms with Gasteiger partial charge in [-0.15, -0.1) is 12.4 Å². The summed E-state index contributed by atoms with van der Waals surface area (Å²) in [6, 6.07) is 7.48. The van der Waals surface area contributed by atoms with Crippen molar-refractivity contribution in [3.05, 3.63) is 46.5 Å². The molecule has 0 aliphatic carbocycles. The van der Waals surface area contributed by atoms with Crippen molar-refractivity contribution in [3.63, 3.8) is 0 Å². The molecule has 0 amide bonds. The Balaban J connectivity index is 0.00000176. The van der Waals surface area contributed by atoms with E-state index in [2.05, 4.69) is 16.8 Å². The van der Waals surface area contributed by atoms with Crippen LogP contribution in [-0.4, -0.2) is 33.4 Å². The van der Waals surface area contributed by atoms with Crippen molar-refractivity contribution >= 4 is 18.1 Å². The van der Waals surface area contributed by atoms with E-state index in [1.807, 2.05) is 18.2 Å². The van der Waals surface area contributed by atoms with Crippen molar-refractivity contribution in [1.82, 2.24) is 14.3 Å². The molecule has 6 heteroatoms. The summed E-state index contributed by atoms with van der Waals surface area (Å²) in [6.45, 7) is 4.85. The van der Waals surface area contributed by atoms with Crippen LogP contribution >= 0.6 is 12.4 Å². The first-order chi connectivity index (χ1) is 10.1. The van der Waals surface area contributed by atoms with Gasteiger partial charge in [-0.05, 0) is 44.4 Å². The normalized spacial score (nSPS) is 20.5. The molecule has 3 rings (SSSR count). The third-order valence-corrected chi connectivity index (χ3v) is 4.30. The Labute approximate surface area is 136 Å². The second kappa shape index (κ2) is 7.22. The highest BCUT2D eigenvalue weighted by Gasteiger charge is 2.23. The van der Waals surface area contributed by atoms with Gasteiger partial charge in [0.25, 0.3) is 5.56 Å². The fourth-order valence-electron chi connectivity index (χ4n) is 3.08. The number of piperidine rings is 1. The number of hydrogen-bond acceptors (Lipinski definition) is 4. The summed E-state index contributed by atoms with van der Waals surface area (Å²) in [5.41, 5.74) is 7.56. The monoisotopic (exact) mass is 322 g/mol. The summed E-state index contributed by atoms with van der Waals surface area (Å²) in [5.74, 6) is 0.542. The van der Waals surface area contributed by atoms with E-state index in [1.54, 1.807) is 16.7 Å². The Hall–Kier alpha value is -1.43. The van der Waals surface area contributed by atoms with E-state index in [1.165, 1.54) is 12.8 Å². The molecule has 22 heavy (non-hydrogen) atoms. The molecule has 0 spiro atoms. The average Bonchev–Trinajstić information content (AvgIpc) is 2.47. The van der Waals surface area contributed by atoms with Gasteiger partial charge in [-0.1, -0.05) is 6.07 Å². The summed E-state index contributed by atoms with van der Waals surface area (Å²) in [4.78, 5) is 19.0.